The summed E-state index contributed by atoms with van der Waals surface area (Å²) >= 11 is 0. The molecule has 6 heteroatoms. The van der Waals surface area contributed by atoms with Crippen LogP contribution in [0.15, 0.2) is 36.5 Å². The van der Waals surface area contributed by atoms with Gasteiger partial charge in [-0.25, -0.2) is 4.68 Å². The average molecular weight is 342 g/mol. The number of nitrogens with one attached hydrogen (secondary N) is 1. The van der Waals surface area contributed by atoms with Crippen molar-refractivity contribution < 1.29 is 9.53 Å². The lowest BCUT2D eigenvalue weighted by Gasteiger charge is -2.30. The highest BCUT2D eigenvalue weighted by atomic mass is 16.5. The number of methoxy groups -OCH3 is 1. The van der Waals surface area contributed by atoms with Crippen molar-refractivity contribution in [3.8, 4) is 11.4 Å². The molecule has 25 heavy (non-hydrogen) atoms. The first-order valence-corrected chi connectivity index (χ1v) is 8.86. The number of benzene rings is 1. The predicted octanol–water partition coefficient (Wildman–Crippen LogP) is 2.34. The van der Waals surface area contributed by atoms with Crippen LogP contribution in [0.1, 0.15) is 30.3 Å². The first-order chi connectivity index (χ1) is 12.2. The van der Waals surface area contributed by atoms with Gasteiger partial charge in [-0.05, 0) is 55.6 Å². The number of rotatable bonds is 6. The Morgan fingerprint density at radius 1 is 1.32 bits per heavy atom. The molecule has 134 valence electrons. The van der Waals surface area contributed by atoms with Gasteiger partial charge in [-0.15, -0.1) is 0 Å². The predicted molar refractivity (Wildman–Crippen MR) is 97.3 cm³/mol. The van der Waals surface area contributed by atoms with Crippen molar-refractivity contribution in [3.05, 3.63) is 42.2 Å². The second-order valence-corrected chi connectivity index (χ2v) is 6.65. The molecule has 0 radical (unpaired) electrons. The van der Waals surface area contributed by atoms with Gasteiger partial charge in [0.1, 0.15) is 5.75 Å². The topological polar surface area (TPSA) is 59.4 Å². The molecular weight excluding hydrogens is 316 g/mol. The number of amides is 1. The van der Waals surface area contributed by atoms with Crippen molar-refractivity contribution in [2.75, 3.05) is 33.3 Å². The summed E-state index contributed by atoms with van der Waals surface area (Å²) in [6, 6.07) is 9.30. The van der Waals surface area contributed by atoms with Crippen molar-refractivity contribution in [3.63, 3.8) is 0 Å². The number of carbonyl (C=O) groups is 1. The molecule has 1 aromatic heterocycles. The van der Waals surface area contributed by atoms with Gasteiger partial charge in [-0.3, -0.25) is 4.79 Å². The SMILES string of the molecule is COc1ccc(-n2ccc(C(=O)NCCN3CCC[C@H](C)C3)n2)cc1. The Hall–Kier alpha value is -2.34. The summed E-state index contributed by atoms with van der Waals surface area (Å²) in [4.78, 5) is 14.7. The van der Waals surface area contributed by atoms with E-state index in [2.05, 4.69) is 22.2 Å². The van der Waals surface area contributed by atoms with Crippen LogP contribution in [0.3, 0.4) is 0 Å². The van der Waals surface area contributed by atoms with Crippen molar-refractivity contribution in [1.82, 2.24) is 20.0 Å². The highest BCUT2D eigenvalue weighted by molar-refractivity contribution is 5.92. The van der Waals surface area contributed by atoms with Crippen LogP contribution in [-0.4, -0.2) is 53.9 Å². The van der Waals surface area contributed by atoms with Gasteiger partial charge >= 0.3 is 0 Å². The summed E-state index contributed by atoms with van der Waals surface area (Å²) in [5.74, 6) is 1.42. The molecule has 1 atom stereocenters. The molecule has 1 aromatic carbocycles. The fourth-order valence-corrected chi connectivity index (χ4v) is 3.23. The minimum Gasteiger partial charge on any atom is -0.497 e. The van der Waals surface area contributed by atoms with Crippen molar-refractivity contribution in [1.29, 1.82) is 0 Å². The molecule has 3 rings (SSSR count). The number of aromatic nitrogens is 2. The summed E-state index contributed by atoms with van der Waals surface area (Å²) in [7, 11) is 1.63. The second kappa shape index (κ2) is 8.16. The third kappa shape index (κ3) is 4.60. The maximum absolute atomic E-state index is 12.3. The number of ether oxygens (including phenoxy) is 1. The van der Waals surface area contributed by atoms with Gasteiger partial charge in [0, 0.05) is 25.8 Å². The Labute approximate surface area is 148 Å². The zero-order chi connectivity index (χ0) is 17.6. The summed E-state index contributed by atoms with van der Waals surface area (Å²) < 4.78 is 6.85. The van der Waals surface area contributed by atoms with Crippen molar-refractivity contribution in [2.45, 2.75) is 19.8 Å². The normalized spacial score (nSPS) is 18.1. The molecule has 0 aliphatic carbocycles. The van der Waals surface area contributed by atoms with Gasteiger partial charge in [0.15, 0.2) is 5.69 Å². The lowest BCUT2D eigenvalue weighted by Crippen LogP contribution is -2.40. The van der Waals surface area contributed by atoms with E-state index in [0.29, 0.717) is 12.2 Å². The van der Waals surface area contributed by atoms with Gasteiger partial charge in [-0.2, -0.15) is 5.10 Å². The van der Waals surface area contributed by atoms with Gasteiger partial charge in [0.2, 0.25) is 0 Å². The van der Waals surface area contributed by atoms with E-state index in [9.17, 15) is 4.79 Å². The molecule has 1 N–H and O–H groups in total. The molecule has 0 saturated carbocycles. The van der Waals surface area contributed by atoms with Crippen LogP contribution in [-0.2, 0) is 0 Å². The third-order valence-electron chi connectivity index (χ3n) is 4.61. The lowest BCUT2D eigenvalue weighted by molar-refractivity contribution is 0.0938. The van der Waals surface area contributed by atoms with E-state index < -0.39 is 0 Å². The molecule has 2 aromatic rings. The molecule has 0 spiro atoms. The van der Waals surface area contributed by atoms with E-state index in [0.717, 1.165) is 37.0 Å². The van der Waals surface area contributed by atoms with Gasteiger partial charge in [-0.1, -0.05) is 6.92 Å². The largest absolute Gasteiger partial charge is 0.497 e. The number of piperidine rings is 1. The van der Waals surface area contributed by atoms with Crippen LogP contribution in [0.25, 0.3) is 5.69 Å². The maximum Gasteiger partial charge on any atom is 0.271 e. The summed E-state index contributed by atoms with van der Waals surface area (Å²) in [6.45, 7) is 6.10. The van der Waals surface area contributed by atoms with Gasteiger partial charge in [0.25, 0.3) is 5.91 Å². The van der Waals surface area contributed by atoms with Gasteiger partial charge in [0.05, 0.1) is 12.8 Å². The van der Waals surface area contributed by atoms with E-state index in [-0.39, 0.29) is 5.91 Å². The zero-order valence-corrected chi connectivity index (χ0v) is 14.9. The Balaban J connectivity index is 1.51. The molecule has 0 bridgehead atoms. The summed E-state index contributed by atoms with van der Waals surface area (Å²) in [5, 5.41) is 7.33. The third-order valence-corrected chi connectivity index (χ3v) is 4.61. The maximum atomic E-state index is 12.3. The average Bonchev–Trinajstić information content (AvgIpc) is 3.12. The Morgan fingerprint density at radius 3 is 2.84 bits per heavy atom. The Bertz CT molecular complexity index is 696. The molecule has 1 saturated heterocycles. The van der Waals surface area contributed by atoms with E-state index in [1.54, 1.807) is 24.1 Å². The van der Waals surface area contributed by atoms with E-state index >= 15 is 0 Å². The van der Waals surface area contributed by atoms with E-state index in [4.69, 9.17) is 4.74 Å². The number of likely N-dealkylation sites (tertiary alicyclic amines) is 1. The van der Waals surface area contributed by atoms with Crippen LogP contribution in [0.2, 0.25) is 0 Å². The molecule has 0 unspecified atom stereocenters. The molecular formula is C19H26N4O2. The fourth-order valence-electron chi connectivity index (χ4n) is 3.23. The van der Waals surface area contributed by atoms with Crippen LogP contribution in [0, 0.1) is 5.92 Å². The molecule has 6 nitrogen and oxygen atoms in total. The van der Waals surface area contributed by atoms with Crippen molar-refractivity contribution >= 4 is 5.91 Å². The van der Waals surface area contributed by atoms with Gasteiger partial charge < -0.3 is 15.0 Å². The highest BCUT2D eigenvalue weighted by Crippen LogP contribution is 2.15. The van der Waals surface area contributed by atoms with Crippen LogP contribution >= 0.6 is 0 Å². The second-order valence-electron chi connectivity index (χ2n) is 6.65. The molecule has 1 fully saturated rings. The Morgan fingerprint density at radius 2 is 2.12 bits per heavy atom. The minimum absolute atomic E-state index is 0.127. The lowest BCUT2D eigenvalue weighted by atomic mass is 10.0. The molecule has 1 aliphatic rings. The zero-order valence-electron chi connectivity index (χ0n) is 14.9. The first kappa shape index (κ1) is 17.5. The summed E-state index contributed by atoms with van der Waals surface area (Å²) in [5.41, 5.74) is 1.32. The molecule has 1 amide bonds. The van der Waals surface area contributed by atoms with Crippen LogP contribution < -0.4 is 10.1 Å². The number of hydrogen-bond acceptors (Lipinski definition) is 4. The summed E-state index contributed by atoms with van der Waals surface area (Å²) in [6.07, 6.45) is 4.36. The number of carbonyl (C=O) groups excluding carboxylic acids is 1. The Kier molecular flexibility index (Phi) is 5.71. The molecule has 1 aliphatic heterocycles. The van der Waals surface area contributed by atoms with Crippen LogP contribution in [0.5, 0.6) is 5.75 Å². The van der Waals surface area contributed by atoms with E-state index in [1.807, 2.05) is 24.3 Å². The standard InChI is InChI=1S/C19H26N4O2/c1-15-4-3-11-22(14-15)13-10-20-19(24)18-9-12-23(21-18)16-5-7-17(25-2)8-6-16/h5-9,12,15H,3-4,10-11,13-14H2,1-2H3,(H,20,24)/t15-/m0/s1. The monoisotopic (exact) mass is 342 g/mol. The number of nitrogens with zero attached hydrogens (tertiary/aromatic N) is 3. The minimum atomic E-state index is -0.127. The van der Waals surface area contributed by atoms with Crippen LogP contribution in [0.4, 0.5) is 0 Å². The fraction of sp³-hybridized carbons (Fsp3) is 0.474. The quantitative estimate of drug-likeness (QED) is 0.875. The first-order valence-electron chi connectivity index (χ1n) is 8.86. The molecule has 2 heterocycles. The number of hydrogen-bond donors (Lipinski definition) is 1. The smallest absolute Gasteiger partial charge is 0.271 e. The van der Waals surface area contributed by atoms with E-state index in [1.165, 1.54) is 12.8 Å². The highest BCUT2D eigenvalue weighted by Gasteiger charge is 2.16. The van der Waals surface area contributed by atoms with Crippen molar-refractivity contribution in [2.24, 2.45) is 5.92 Å².